The van der Waals surface area contributed by atoms with Gasteiger partial charge in [-0.25, -0.2) is 9.79 Å². The Morgan fingerprint density at radius 3 is 2.61 bits per heavy atom. The third kappa shape index (κ3) is 11.9. The Morgan fingerprint density at radius 2 is 2.00 bits per heavy atom. The van der Waals surface area contributed by atoms with Gasteiger partial charge in [0.1, 0.15) is 0 Å². The molecule has 1 atom stereocenters. The van der Waals surface area contributed by atoms with E-state index in [0.29, 0.717) is 55.6 Å². The van der Waals surface area contributed by atoms with Gasteiger partial charge < -0.3 is 35.4 Å². The van der Waals surface area contributed by atoms with E-state index in [1.165, 1.54) is 6.21 Å². The first-order valence-electron chi connectivity index (χ1n) is 12.3. The summed E-state index contributed by atoms with van der Waals surface area (Å²) in [5, 5.41) is 26.5. The summed E-state index contributed by atoms with van der Waals surface area (Å²) in [5.74, 6) is 0.447. The van der Waals surface area contributed by atoms with Crippen LogP contribution in [-0.4, -0.2) is 81.8 Å². The third-order valence-electron chi connectivity index (χ3n) is 5.77. The van der Waals surface area contributed by atoms with E-state index in [2.05, 4.69) is 33.0 Å². The zero-order chi connectivity index (χ0) is 26.9. The lowest BCUT2D eigenvalue weighted by Crippen LogP contribution is -2.48. The van der Waals surface area contributed by atoms with E-state index < -0.39 is 12.1 Å². The molecule has 1 aliphatic rings. The number of carbonyl (C=O) groups excluding carboxylic acids is 1. The summed E-state index contributed by atoms with van der Waals surface area (Å²) in [5.41, 5.74) is 5.58. The van der Waals surface area contributed by atoms with Crippen LogP contribution in [0, 0.1) is 5.41 Å². The zero-order valence-corrected chi connectivity index (χ0v) is 22.3. The van der Waals surface area contributed by atoms with Crippen LogP contribution in [0.1, 0.15) is 47.0 Å². The maximum Gasteiger partial charge on any atom is 0.319 e. The summed E-state index contributed by atoms with van der Waals surface area (Å²) >= 11 is 0. The van der Waals surface area contributed by atoms with Crippen molar-refractivity contribution >= 4 is 18.0 Å². The molecule has 0 bridgehead atoms. The molecule has 11 nitrogen and oxygen atoms in total. The van der Waals surface area contributed by atoms with Crippen LogP contribution in [0.5, 0.6) is 0 Å². The number of urea groups is 1. The lowest BCUT2D eigenvalue weighted by molar-refractivity contribution is 0.00926. The van der Waals surface area contributed by atoms with E-state index in [1.54, 1.807) is 21.0 Å². The quantitative estimate of drug-likeness (QED) is 0.0810. The van der Waals surface area contributed by atoms with Gasteiger partial charge in [-0.05, 0) is 51.2 Å². The summed E-state index contributed by atoms with van der Waals surface area (Å²) < 4.78 is 10.3. The number of hydroxylamine groups is 1. The highest BCUT2D eigenvalue weighted by atomic mass is 16.7. The molecule has 0 saturated carbocycles. The van der Waals surface area contributed by atoms with Crippen molar-refractivity contribution in [3.63, 3.8) is 0 Å². The molecule has 1 aliphatic heterocycles. The number of nitrogens with one attached hydrogen (secondary N) is 5. The van der Waals surface area contributed by atoms with Crippen LogP contribution in [0.25, 0.3) is 0 Å². The predicted molar refractivity (Wildman–Crippen MR) is 142 cm³/mol. The minimum atomic E-state index is -0.470. The molecule has 0 aliphatic carbocycles. The topological polar surface area (TPSA) is 149 Å². The fourth-order valence-corrected chi connectivity index (χ4v) is 3.06. The summed E-state index contributed by atoms with van der Waals surface area (Å²) in [6.45, 7) is 14.1. The number of allylic oxidation sites excluding steroid dienone is 4. The Labute approximate surface area is 214 Å². The van der Waals surface area contributed by atoms with Gasteiger partial charge in [-0.3, -0.25) is 5.41 Å². The summed E-state index contributed by atoms with van der Waals surface area (Å²) in [4.78, 5) is 22.6. The van der Waals surface area contributed by atoms with Crippen molar-refractivity contribution in [2.75, 3.05) is 46.6 Å². The van der Waals surface area contributed by atoms with Gasteiger partial charge in [-0.1, -0.05) is 13.5 Å². The molecular formula is C25H44N6O5. The molecule has 36 heavy (non-hydrogen) atoms. The smallest absolute Gasteiger partial charge is 0.319 e. The minimum Gasteiger partial charge on any atom is -0.394 e. The Kier molecular flexibility index (Phi) is 15.6. The van der Waals surface area contributed by atoms with Gasteiger partial charge >= 0.3 is 6.03 Å². The van der Waals surface area contributed by atoms with Crippen LogP contribution in [0.4, 0.5) is 4.79 Å². The molecule has 204 valence electrons. The lowest BCUT2D eigenvalue weighted by Gasteiger charge is -2.23. The van der Waals surface area contributed by atoms with Gasteiger partial charge in [0, 0.05) is 56.9 Å². The maximum atomic E-state index is 12.4. The molecular weight excluding hydrogens is 464 g/mol. The molecule has 6 N–H and O–H groups in total. The van der Waals surface area contributed by atoms with Crippen LogP contribution < -0.4 is 21.4 Å². The van der Waals surface area contributed by atoms with Crippen molar-refractivity contribution in [1.82, 2.24) is 21.4 Å². The predicted octanol–water partition coefficient (Wildman–Crippen LogP) is 2.16. The lowest BCUT2D eigenvalue weighted by atomic mass is 10.0. The molecule has 1 fully saturated rings. The molecule has 2 amide bonds. The van der Waals surface area contributed by atoms with Crippen LogP contribution in [0.15, 0.2) is 39.9 Å². The van der Waals surface area contributed by atoms with E-state index in [4.69, 9.17) is 19.7 Å². The number of hydrogen-bond donors (Lipinski definition) is 6. The first kappa shape index (κ1) is 31.5. The fourth-order valence-electron chi connectivity index (χ4n) is 3.06. The van der Waals surface area contributed by atoms with Gasteiger partial charge in [0.2, 0.25) is 5.88 Å². The summed E-state index contributed by atoms with van der Waals surface area (Å²) in [6, 6.07) is -0.729. The number of methoxy groups -OCH3 is 1. The average molecular weight is 509 g/mol. The molecule has 1 heterocycles. The first-order chi connectivity index (χ1) is 17.2. The van der Waals surface area contributed by atoms with Crippen molar-refractivity contribution in [1.29, 1.82) is 5.41 Å². The largest absolute Gasteiger partial charge is 0.394 e. The average Bonchev–Trinajstić information content (AvgIpc) is 2.89. The van der Waals surface area contributed by atoms with Crippen LogP contribution in [0.3, 0.4) is 0 Å². The van der Waals surface area contributed by atoms with Gasteiger partial charge in [0.25, 0.3) is 0 Å². The number of aliphatic hydroxyl groups is 1. The zero-order valence-electron chi connectivity index (χ0n) is 22.3. The highest BCUT2D eigenvalue weighted by molar-refractivity contribution is 6.22. The van der Waals surface area contributed by atoms with Crippen LogP contribution in [0.2, 0.25) is 0 Å². The molecule has 0 unspecified atom stereocenters. The Morgan fingerprint density at radius 1 is 1.31 bits per heavy atom. The molecule has 1 saturated heterocycles. The number of amides is 2. The maximum absolute atomic E-state index is 12.4. The molecule has 0 spiro atoms. The van der Waals surface area contributed by atoms with E-state index in [9.17, 15) is 9.90 Å². The van der Waals surface area contributed by atoms with E-state index in [1.807, 2.05) is 13.8 Å². The number of hydrogen-bond acceptors (Lipinski definition) is 9. The van der Waals surface area contributed by atoms with Crippen molar-refractivity contribution in [2.24, 2.45) is 4.99 Å². The number of nitrogens with zero attached hydrogens (tertiary/aromatic N) is 1. The highest BCUT2D eigenvalue weighted by Gasteiger charge is 2.16. The Balaban J connectivity index is 2.70. The number of aliphatic imine (C=N–C) groups is 1. The summed E-state index contributed by atoms with van der Waals surface area (Å²) in [6.07, 6.45) is 3.99. The molecule has 1 rings (SSSR count). The number of rotatable bonds is 16. The number of aliphatic hydroxyl groups excluding tert-OH is 1. The van der Waals surface area contributed by atoms with Gasteiger partial charge in [-0.2, -0.15) is 5.48 Å². The molecule has 0 aromatic rings. The van der Waals surface area contributed by atoms with Gasteiger partial charge in [0.05, 0.1) is 25.0 Å². The highest BCUT2D eigenvalue weighted by Crippen LogP contribution is 2.14. The SMILES string of the molecule is C=C(C=N/C(ONC1CCOCC1)=C(/C)CC)C(=N)/C(C)=C(\C)NC(=O)N[C@@H](CO)CNCCOC. The second-order valence-corrected chi connectivity index (χ2v) is 8.63. The fraction of sp³-hybridized carbons (Fsp3) is 0.640. The van der Waals surface area contributed by atoms with E-state index in [-0.39, 0.29) is 18.4 Å². The van der Waals surface area contributed by atoms with Crippen molar-refractivity contribution in [3.05, 3.63) is 34.9 Å². The molecule has 0 radical (unpaired) electrons. The normalized spacial score (nSPS) is 16.7. The Bertz CT molecular complexity index is 818. The molecule has 0 aromatic carbocycles. The van der Waals surface area contributed by atoms with Gasteiger partial charge in [-0.15, -0.1) is 0 Å². The van der Waals surface area contributed by atoms with E-state index >= 15 is 0 Å². The van der Waals surface area contributed by atoms with Gasteiger partial charge in [0.15, 0.2) is 0 Å². The van der Waals surface area contributed by atoms with Crippen molar-refractivity contribution in [2.45, 2.75) is 59.0 Å². The molecule has 11 heteroatoms. The minimum absolute atomic E-state index is 0.141. The van der Waals surface area contributed by atoms with E-state index in [0.717, 1.165) is 24.8 Å². The van der Waals surface area contributed by atoms with Crippen LogP contribution >= 0.6 is 0 Å². The van der Waals surface area contributed by atoms with Crippen LogP contribution in [-0.2, 0) is 14.3 Å². The second-order valence-electron chi connectivity index (χ2n) is 8.63. The standard InChI is InChI=1S/C25H44N6O5/c1-7-17(2)24(36-31-21-8-11-35-12-9-21)28-14-18(3)23(26)19(4)20(5)29-25(33)30-22(16-32)15-27-10-13-34-6/h14,21-22,26-27,31-32H,3,7-13,15-16H2,1-2,4-6H3,(H2,29,30,33)/b20-19+,24-17+,26-23?,28-14?/t22-/m1/s1. The Hall–Kier alpha value is -2.57. The monoisotopic (exact) mass is 508 g/mol. The third-order valence-corrected chi connectivity index (χ3v) is 5.77. The van der Waals surface area contributed by atoms with Crippen molar-refractivity contribution < 1.29 is 24.2 Å². The first-order valence-corrected chi connectivity index (χ1v) is 12.3. The second kappa shape index (κ2) is 17.8. The van der Waals surface area contributed by atoms with Crippen molar-refractivity contribution in [3.8, 4) is 0 Å². The molecule has 0 aromatic heterocycles. The number of carbonyl (C=O) groups is 1. The number of ether oxygens (including phenoxy) is 2. The summed E-state index contributed by atoms with van der Waals surface area (Å²) in [7, 11) is 1.60.